The van der Waals surface area contributed by atoms with E-state index in [1.165, 1.54) is 0 Å². The number of hydrogen-bond acceptors (Lipinski definition) is 3. The van der Waals surface area contributed by atoms with Gasteiger partial charge in [-0.25, -0.2) is 0 Å². The molecule has 2 aromatic rings. The van der Waals surface area contributed by atoms with Crippen molar-refractivity contribution in [1.29, 1.82) is 0 Å². The summed E-state index contributed by atoms with van der Waals surface area (Å²) in [5.74, 6) is -0.659. The van der Waals surface area contributed by atoms with Gasteiger partial charge in [-0.05, 0) is 31.2 Å². The molecule has 0 aliphatic heterocycles. The Kier molecular flexibility index (Phi) is 5.84. The topological polar surface area (TPSA) is 67.4 Å². The minimum atomic E-state index is -0.846. The molecule has 23 heavy (non-hydrogen) atoms. The Balaban J connectivity index is 1.91. The first-order valence-corrected chi connectivity index (χ1v) is 7.50. The van der Waals surface area contributed by atoms with Crippen LogP contribution in [0.15, 0.2) is 48.5 Å². The van der Waals surface area contributed by atoms with Gasteiger partial charge in [0, 0.05) is 0 Å². The summed E-state index contributed by atoms with van der Waals surface area (Å²) in [7, 11) is 0. The molecule has 0 radical (unpaired) electrons. The predicted molar refractivity (Wildman–Crippen MR) is 88.6 cm³/mol. The molecular formula is C16H14Cl2N2O3. The van der Waals surface area contributed by atoms with Gasteiger partial charge in [-0.15, -0.1) is 0 Å². The summed E-state index contributed by atoms with van der Waals surface area (Å²) in [6, 6.07) is 13.3. The summed E-state index contributed by atoms with van der Waals surface area (Å²) in [4.78, 5) is 23.9. The van der Waals surface area contributed by atoms with Gasteiger partial charge in [0.25, 0.3) is 11.8 Å². The van der Waals surface area contributed by atoms with Gasteiger partial charge >= 0.3 is 0 Å². The molecule has 0 fully saturated rings. The van der Waals surface area contributed by atoms with Crippen molar-refractivity contribution in [3.63, 3.8) is 0 Å². The van der Waals surface area contributed by atoms with Crippen molar-refractivity contribution in [2.75, 3.05) is 0 Å². The predicted octanol–water partition coefficient (Wildman–Crippen LogP) is 3.22. The van der Waals surface area contributed by atoms with E-state index in [2.05, 4.69) is 10.9 Å². The van der Waals surface area contributed by atoms with Crippen molar-refractivity contribution in [2.45, 2.75) is 13.0 Å². The molecule has 0 unspecified atom stereocenters. The highest BCUT2D eigenvalue weighted by molar-refractivity contribution is 6.33. The Morgan fingerprint density at radius 1 is 0.957 bits per heavy atom. The molecule has 0 spiro atoms. The van der Waals surface area contributed by atoms with E-state index < -0.39 is 17.9 Å². The van der Waals surface area contributed by atoms with Gasteiger partial charge in [-0.2, -0.15) is 0 Å². The Hall–Kier alpha value is -2.24. The molecule has 2 rings (SSSR count). The van der Waals surface area contributed by atoms with Crippen LogP contribution in [0.2, 0.25) is 10.0 Å². The van der Waals surface area contributed by atoms with Crippen LogP contribution in [0.25, 0.3) is 0 Å². The molecule has 0 aromatic heterocycles. The molecule has 0 bridgehead atoms. The number of rotatable bonds is 4. The van der Waals surface area contributed by atoms with E-state index in [1.54, 1.807) is 55.5 Å². The fourth-order valence-electron chi connectivity index (χ4n) is 1.72. The fraction of sp³-hybridized carbons (Fsp3) is 0.125. The highest BCUT2D eigenvalue weighted by atomic mass is 35.5. The lowest BCUT2D eigenvalue weighted by molar-refractivity contribution is -0.128. The zero-order chi connectivity index (χ0) is 16.8. The quantitative estimate of drug-likeness (QED) is 0.830. The largest absolute Gasteiger partial charge is 0.479 e. The highest BCUT2D eigenvalue weighted by Gasteiger charge is 2.17. The number of nitrogens with one attached hydrogen (secondary N) is 2. The molecule has 1 atom stereocenters. The fourth-order valence-corrected chi connectivity index (χ4v) is 2.12. The van der Waals surface area contributed by atoms with Crippen LogP contribution in [-0.4, -0.2) is 17.9 Å². The Bertz CT molecular complexity index is 722. The van der Waals surface area contributed by atoms with Gasteiger partial charge in [0.2, 0.25) is 0 Å². The summed E-state index contributed by atoms with van der Waals surface area (Å²) in [5, 5.41) is 0.687. The average Bonchev–Trinajstić information content (AvgIpc) is 2.54. The second kappa shape index (κ2) is 7.85. The molecule has 0 saturated heterocycles. The van der Waals surface area contributed by atoms with Gasteiger partial charge in [0.1, 0.15) is 5.75 Å². The van der Waals surface area contributed by atoms with E-state index in [-0.39, 0.29) is 5.56 Å². The van der Waals surface area contributed by atoms with E-state index in [1.807, 2.05) is 0 Å². The van der Waals surface area contributed by atoms with Crippen LogP contribution < -0.4 is 15.6 Å². The molecule has 2 amide bonds. The van der Waals surface area contributed by atoms with E-state index in [0.717, 1.165) is 0 Å². The third-order valence-corrected chi connectivity index (χ3v) is 3.57. The van der Waals surface area contributed by atoms with E-state index in [9.17, 15) is 9.59 Å². The molecule has 0 aliphatic carbocycles. The maximum absolute atomic E-state index is 12.0. The second-order valence-corrected chi connectivity index (χ2v) is 5.43. The molecule has 0 heterocycles. The number of amides is 2. The second-order valence-electron chi connectivity index (χ2n) is 4.61. The summed E-state index contributed by atoms with van der Waals surface area (Å²) < 4.78 is 5.45. The molecular weight excluding hydrogens is 339 g/mol. The molecule has 120 valence electrons. The normalized spacial score (nSPS) is 11.4. The van der Waals surface area contributed by atoms with Crippen LogP contribution >= 0.6 is 23.2 Å². The Labute approximate surface area is 143 Å². The first kappa shape index (κ1) is 17.1. The number of halogens is 2. The first-order valence-electron chi connectivity index (χ1n) is 6.75. The number of hydrazine groups is 1. The lowest BCUT2D eigenvalue weighted by Gasteiger charge is -2.16. The summed E-state index contributed by atoms with van der Waals surface area (Å²) >= 11 is 11.9. The standard InChI is InChI=1S/C16H14Cl2N2O3/c1-10(23-14-9-5-4-8-13(14)18)15(21)19-20-16(22)11-6-2-3-7-12(11)17/h2-10H,1H3,(H,19,21)(H,20,22)/t10-/m1/s1. The van der Waals surface area contributed by atoms with Crippen LogP contribution in [0.5, 0.6) is 5.75 Å². The van der Waals surface area contributed by atoms with Crippen LogP contribution in [-0.2, 0) is 4.79 Å². The third-order valence-electron chi connectivity index (χ3n) is 2.93. The minimum absolute atomic E-state index is 0.258. The van der Waals surface area contributed by atoms with Gasteiger partial charge in [-0.1, -0.05) is 47.5 Å². The molecule has 2 aromatic carbocycles. The van der Waals surface area contributed by atoms with Crippen molar-refractivity contribution < 1.29 is 14.3 Å². The van der Waals surface area contributed by atoms with Crippen LogP contribution in [0.1, 0.15) is 17.3 Å². The number of hydrogen-bond donors (Lipinski definition) is 2. The first-order chi connectivity index (χ1) is 11.0. The molecule has 0 aliphatic rings. The number of para-hydroxylation sites is 1. The highest BCUT2D eigenvalue weighted by Crippen LogP contribution is 2.24. The van der Waals surface area contributed by atoms with Crippen molar-refractivity contribution in [1.82, 2.24) is 10.9 Å². The van der Waals surface area contributed by atoms with E-state index in [0.29, 0.717) is 15.8 Å². The number of benzene rings is 2. The number of ether oxygens (including phenoxy) is 1. The zero-order valence-corrected chi connectivity index (χ0v) is 13.7. The summed E-state index contributed by atoms with van der Waals surface area (Å²) in [5.41, 5.74) is 4.83. The molecule has 7 heteroatoms. The Morgan fingerprint density at radius 3 is 2.22 bits per heavy atom. The number of carbonyl (C=O) groups is 2. The van der Waals surface area contributed by atoms with Gasteiger partial charge < -0.3 is 4.74 Å². The summed E-state index contributed by atoms with van der Waals surface area (Å²) in [6.45, 7) is 1.54. The maximum Gasteiger partial charge on any atom is 0.279 e. The minimum Gasteiger partial charge on any atom is -0.479 e. The van der Waals surface area contributed by atoms with Crippen molar-refractivity contribution >= 4 is 35.0 Å². The average molecular weight is 353 g/mol. The monoisotopic (exact) mass is 352 g/mol. The maximum atomic E-state index is 12.0. The van der Waals surface area contributed by atoms with Crippen LogP contribution in [0, 0.1) is 0 Å². The van der Waals surface area contributed by atoms with Crippen molar-refractivity contribution in [2.24, 2.45) is 0 Å². The van der Waals surface area contributed by atoms with Crippen molar-refractivity contribution in [3.8, 4) is 5.75 Å². The number of carbonyl (C=O) groups excluding carboxylic acids is 2. The van der Waals surface area contributed by atoms with Crippen LogP contribution in [0.3, 0.4) is 0 Å². The SMILES string of the molecule is C[C@@H](Oc1ccccc1Cl)C(=O)NNC(=O)c1ccccc1Cl. The lowest BCUT2D eigenvalue weighted by atomic mass is 10.2. The summed E-state index contributed by atoms with van der Waals surface area (Å²) in [6.07, 6.45) is -0.846. The van der Waals surface area contributed by atoms with Gasteiger partial charge in [-0.3, -0.25) is 20.4 Å². The van der Waals surface area contributed by atoms with E-state index in [4.69, 9.17) is 27.9 Å². The molecule has 2 N–H and O–H groups in total. The lowest BCUT2D eigenvalue weighted by Crippen LogP contribution is -2.47. The molecule has 0 saturated carbocycles. The van der Waals surface area contributed by atoms with Crippen LogP contribution in [0.4, 0.5) is 0 Å². The smallest absolute Gasteiger partial charge is 0.279 e. The van der Waals surface area contributed by atoms with E-state index >= 15 is 0 Å². The third kappa shape index (κ3) is 4.61. The van der Waals surface area contributed by atoms with Gasteiger partial charge in [0.15, 0.2) is 6.10 Å². The molecule has 5 nitrogen and oxygen atoms in total. The van der Waals surface area contributed by atoms with Gasteiger partial charge in [0.05, 0.1) is 15.6 Å². The zero-order valence-electron chi connectivity index (χ0n) is 12.2. The Morgan fingerprint density at radius 2 is 1.57 bits per heavy atom. The van der Waals surface area contributed by atoms with Crippen molar-refractivity contribution in [3.05, 3.63) is 64.1 Å².